The lowest BCUT2D eigenvalue weighted by Gasteiger charge is -2.22. The summed E-state index contributed by atoms with van der Waals surface area (Å²) in [7, 11) is 1.33. The number of ether oxygens (including phenoxy) is 2. The van der Waals surface area contributed by atoms with Gasteiger partial charge in [0.15, 0.2) is 0 Å². The molecular weight excluding hydrogens is 270 g/mol. The topological polar surface area (TPSA) is 86.5 Å². The minimum absolute atomic E-state index is 0.307. The van der Waals surface area contributed by atoms with Crippen molar-refractivity contribution >= 4 is 17.5 Å². The Kier molecular flexibility index (Phi) is 5.80. The molecule has 116 valence electrons. The van der Waals surface area contributed by atoms with Gasteiger partial charge in [-0.05, 0) is 18.9 Å². The summed E-state index contributed by atoms with van der Waals surface area (Å²) >= 11 is 0. The van der Waals surface area contributed by atoms with Gasteiger partial charge < -0.3 is 20.5 Å². The number of pyridine rings is 1. The summed E-state index contributed by atoms with van der Waals surface area (Å²) in [6.07, 6.45) is 8.05. The predicted molar refractivity (Wildman–Crippen MR) is 81.3 cm³/mol. The van der Waals surface area contributed by atoms with Crippen LogP contribution in [0.5, 0.6) is 0 Å². The summed E-state index contributed by atoms with van der Waals surface area (Å²) < 4.78 is 10.5. The van der Waals surface area contributed by atoms with Gasteiger partial charge in [-0.1, -0.05) is 19.3 Å². The van der Waals surface area contributed by atoms with Gasteiger partial charge in [-0.15, -0.1) is 0 Å². The second-order valence-electron chi connectivity index (χ2n) is 5.17. The van der Waals surface area contributed by atoms with Gasteiger partial charge in [0, 0.05) is 12.7 Å². The SMILES string of the molecule is COC(=O)c1ccnc(NCCOC2CCCCC2)c1N. The number of esters is 1. The van der Waals surface area contributed by atoms with Gasteiger partial charge in [0.05, 0.1) is 31.1 Å². The average Bonchev–Trinajstić information content (AvgIpc) is 2.53. The quantitative estimate of drug-likeness (QED) is 0.618. The number of carbonyl (C=O) groups excluding carboxylic acids is 1. The molecule has 0 aliphatic heterocycles. The molecule has 1 saturated carbocycles. The van der Waals surface area contributed by atoms with E-state index in [1.165, 1.54) is 32.6 Å². The van der Waals surface area contributed by atoms with Gasteiger partial charge in [0.1, 0.15) is 5.82 Å². The van der Waals surface area contributed by atoms with Gasteiger partial charge in [-0.3, -0.25) is 0 Å². The Morgan fingerprint density at radius 1 is 1.43 bits per heavy atom. The van der Waals surface area contributed by atoms with Crippen LogP contribution in [-0.2, 0) is 9.47 Å². The van der Waals surface area contributed by atoms with Crippen LogP contribution in [0.1, 0.15) is 42.5 Å². The molecule has 0 amide bonds. The summed E-state index contributed by atoms with van der Waals surface area (Å²) in [5.41, 5.74) is 6.55. The van der Waals surface area contributed by atoms with Crippen LogP contribution in [0.3, 0.4) is 0 Å². The van der Waals surface area contributed by atoms with Crippen molar-refractivity contribution in [3.8, 4) is 0 Å². The van der Waals surface area contributed by atoms with E-state index in [-0.39, 0.29) is 0 Å². The van der Waals surface area contributed by atoms with Crippen LogP contribution in [0.15, 0.2) is 12.3 Å². The number of anilines is 2. The third-order valence-electron chi connectivity index (χ3n) is 3.70. The first kappa shape index (κ1) is 15.6. The zero-order chi connectivity index (χ0) is 15.1. The molecule has 1 aromatic heterocycles. The lowest BCUT2D eigenvalue weighted by molar-refractivity contribution is 0.0347. The largest absolute Gasteiger partial charge is 0.465 e. The lowest BCUT2D eigenvalue weighted by atomic mass is 9.98. The van der Waals surface area contributed by atoms with Crippen molar-refractivity contribution in [2.24, 2.45) is 0 Å². The number of nitrogens with zero attached hydrogens (tertiary/aromatic N) is 1. The minimum Gasteiger partial charge on any atom is -0.465 e. The molecule has 1 heterocycles. The molecule has 21 heavy (non-hydrogen) atoms. The van der Waals surface area contributed by atoms with E-state index in [9.17, 15) is 4.79 Å². The molecule has 6 nitrogen and oxygen atoms in total. The van der Waals surface area contributed by atoms with E-state index in [2.05, 4.69) is 15.0 Å². The van der Waals surface area contributed by atoms with Crippen molar-refractivity contribution in [2.45, 2.75) is 38.2 Å². The monoisotopic (exact) mass is 293 g/mol. The highest BCUT2D eigenvalue weighted by atomic mass is 16.5. The standard InChI is InChI=1S/C15H23N3O3/c1-20-15(19)12-7-8-17-14(13(12)16)18-9-10-21-11-5-3-2-4-6-11/h7-8,11H,2-6,9-10,16H2,1H3,(H,17,18). The molecule has 0 atom stereocenters. The Morgan fingerprint density at radius 3 is 2.90 bits per heavy atom. The van der Waals surface area contributed by atoms with E-state index in [1.807, 2.05) is 0 Å². The molecule has 1 aliphatic rings. The number of hydrogen-bond acceptors (Lipinski definition) is 6. The fraction of sp³-hybridized carbons (Fsp3) is 0.600. The maximum absolute atomic E-state index is 11.5. The highest BCUT2D eigenvalue weighted by Gasteiger charge is 2.15. The molecule has 0 radical (unpaired) electrons. The van der Waals surface area contributed by atoms with Gasteiger partial charge in [0.2, 0.25) is 0 Å². The molecule has 0 bridgehead atoms. The number of rotatable bonds is 6. The van der Waals surface area contributed by atoms with Crippen LogP contribution in [0, 0.1) is 0 Å². The van der Waals surface area contributed by atoms with Crippen LogP contribution in [0.4, 0.5) is 11.5 Å². The van der Waals surface area contributed by atoms with E-state index < -0.39 is 5.97 Å². The molecule has 1 aromatic rings. The van der Waals surface area contributed by atoms with Crippen molar-refractivity contribution in [2.75, 3.05) is 31.3 Å². The summed E-state index contributed by atoms with van der Waals surface area (Å²) in [6.45, 7) is 1.21. The number of methoxy groups -OCH3 is 1. The zero-order valence-corrected chi connectivity index (χ0v) is 12.4. The first-order chi connectivity index (χ1) is 10.2. The summed E-state index contributed by atoms with van der Waals surface area (Å²) in [6, 6.07) is 1.55. The maximum Gasteiger partial charge on any atom is 0.340 e. The Hall–Kier alpha value is -1.82. The fourth-order valence-electron chi connectivity index (χ4n) is 2.53. The van der Waals surface area contributed by atoms with Gasteiger partial charge in [-0.25, -0.2) is 9.78 Å². The number of hydrogen-bond donors (Lipinski definition) is 2. The summed E-state index contributed by atoms with van der Waals surface area (Å²) in [5, 5.41) is 3.10. The normalized spacial score (nSPS) is 15.7. The number of aromatic nitrogens is 1. The second kappa shape index (κ2) is 7.83. The van der Waals surface area contributed by atoms with E-state index in [1.54, 1.807) is 6.07 Å². The van der Waals surface area contributed by atoms with Crippen molar-refractivity contribution in [3.63, 3.8) is 0 Å². The third-order valence-corrected chi connectivity index (χ3v) is 3.70. The van der Waals surface area contributed by atoms with Crippen LogP contribution >= 0.6 is 0 Å². The lowest BCUT2D eigenvalue weighted by Crippen LogP contribution is -2.21. The molecule has 0 spiro atoms. The molecule has 6 heteroatoms. The van der Waals surface area contributed by atoms with Gasteiger partial charge in [-0.2, -0.15) is 0 Å². The number of nitrogen functional groups attached to an aromatic ring is 1. The zero-order valence-electron chi connectivity index (χ0n) is 12.4. The van der Waals surface area contributed by atoms with Crippen molar-refractivity contribution < 1.29 is 14.3 Å². The van der Waals surface area contributed by atoms with Gasteiger partial charge >= 0.3 is 5.97 Å². The second-order valence-corrected chi connectivity index (χ2v) is 5.17. The number of carbonyl (C=O) groups is 1. The van der Waals surface area contributed by atoms with E-state index >= 15 is 0 Å². The Labute approximate surface area is 125 Å². The van der Waals surface area contributed by atoms with Crippen LogP contribution in [0.2, 0.25) is 0 Å². The van der Waals surface area contributed by atoms with E-state index in [0.717, 1.165) is 12.8 Å². The maximum atomic E-state index is 11.5. The molecular formula is C15H23N3O3. The van der Waals surface area contributed by atoms with Crippen LogP contribution in [-0.4, -0.2) is 37.3 Å². The van der Waals surface area contributed by atoms with E-state index in [0.29, 0.717) is 36.3 Å². The first-order valence-electron chi connectivity index (χ1n) is 7.40. The molecule has 0 unspecified atom stereocenters. The van der Waals surface area contributed by atoms with Crippen molar-refractivity contribution in [3.05, 3.63) is 17.8 Å². The highest BCUT2D eigenvalue weighted by Crippen LogP contribution is 2.21. The fourth-order valence-corrected chi connectivity index (χ4v) is 2.53. The minimum atomic E-state index is -0.462. The van der Waals surface area contributed by atoms with Crippen LogP contribution in [0.25, 0.3) is 0 Å². The molecule has 3 N–H and O–H groups in total. The van der Waals surface area contributed by atoms with E-state index in [4.69, 9.17) is 10.5 Å². The smallest absolute Gasteiger partial charge is 0.340 e. The average molecular weight is 293 g/mol. The Bertz CT molecular complexity index is 473. The van der Waals surface area contributed by atoms with Crippen molar-refractivity contribution in [1.82, 2.24) is 4.98 Å². The first-order valence-corrected chi connectivity index (χ1v) is 7.40. The highest BCUT2D eigenvalue weighted by molar-refractivity contribution is 5.97. The number of nitrogens with one attached hydrogen (secondary N) is 1. The van der Waals surface area contributed by atoms with Gasteiger partial charge in [0.25, 0.3) is 0 Å². The third kappa shape index (κ3) is 4.32. The molecule has 1 fully saturated rings. The Morgan fingerprint density at radius 2 is 2.19 bits per heavy atom. The molecule has 0 aromatic carbocycles. The Balaban J connectivity index is 1.81. The number of nitrogens with two attached hydrogens (primary N) is 1. The summed E-state index contributed by atoms with van der Waals surface area (Å²) in [4.78, 5) is 15.7. The van der Waals surface area contributed by atoms with Crippen molar-refractivity contribution in [1.29, 1.82) is 0 Å². The summed E-state index contributed by atoms with van der Waals surface area (Å²) in [5.74, 6) is 0.0292. The molecule has 1 aliphatic carbocycles. The molecule has 0 saturated heterocycles. The van der Waals surface area contributed by atoms with Crippen LogP contribution < -0.4 is 11.1 Å². The molecule has 2 rings (SSSR count). The predicted octanol–water partition coefficient (Wildman–Crippen LogP) is 2.21.